The van der Waals surface area contributed by atoms with E-state index in [0.717, 1.165) is 31.7 Å². The monoisotopic (exact) mass is 484 g/mol. The van der Waals surface area contributed by atoms with Crippen molar-refractivity contribution in [3.8, 4) is 11.5 Å². The number of aliphatic hydroxyl groups excluding tert-OH is 1. The molecule has 0 saturated heterocycles. The van der Waals surface area contributed by atoms with Crippen LogP contribution in [-0.4, -0.2) is 25.6 Å². The first-order valence-electron chi connectivity index (χ1n) is 11.8. The first-order chi connectivity index (χ1) is 16.3. The number of hydrogen-bond donors (Lipinski definition) is 1. The van der Waals surface area contributed by atoms with Gasteiger partial charge >= 0.3 is 0 Å². The molecule has 2 aromatic carbocycles. The number of aliphatic hydroxyl groups is 1. The molecule has 0 radical (unpaired) electrons. The van der Waals surface area contributed by atoms with Gasteiger partial charge in [-0.1, -0.05) is 19.8 Å². The van der Waals surface area contributed by atoms with Gasteiger partial charge in [0, 0.05) is 18.2 Å². The summed E-state index contributed by atoms with van der Waals surface area (Å²) in [6, 6.07) is 3.66. The van der Waals surface area contributed by atoms with Gasteiger partial charge in [-0.2, -0.15) is 8.78 Å². The summed E-state index contributed by atoms with van der Waals surface area (Å²) in [5.74, 6) is -5.52. The highest BCUT2D eigenvalue weighted by atomic mass is 19.2. The van der Waals surface area contributed by atoms with E-state index < -0.39 is 47.5 Å². The molecule has 188 valence electrons. The molecule has 1 fully saturated rings. The minimum atomic E-state index is -1.80. The smallest absolute Gasteiger partial charge is 0.201 e. The van der Waals surface area contributed by atoms with Gasteiger partial charge in [0.05, 0.1) is 6.61 Å². The summed E-state index contributed by atoms with van der Waals surface area (Å²) in [5, 5.41) is 11.0. The van der Waals surface area contributed by atoms with Crippen molar-refractivity contribution in [2.45, 2.75) is 64.4 Å². The summed E-state index contributed by atoms with van der Waals surface area (Å²) in [4.78, 5) is 0. The molecule has 1 N–H and O–H groups in total. The summed E-state index contributed by atoms with van der Waals surface area (Å²) in [5.41, 5.74) is -0.519. The molecule has 0 amide bonds. The molecule has 1 aliphatic rings. The largest absolute Gasteiger partial charge is 0.491 e. The average molecular weight is 485 g/mol. The molecule has 0 heterocycles. The number of methoxy groups -OCH3 is 1. The highest BCUT2D eigenvalue weighted by Crippen LogP contribution is 2.43. The van der Waals surface area contributed by atoms with Crippen molar-refractivity contribution in [2.75, 3.05) is 20.5 Å². The molecule has 4 nitrogen and oxygen atoms in total. The predicted octanol–water partition coefficient (Wildman–Crippen LogP) is 6.78. The second kappa shape index (κ2) is 11.9. The zero-order valence-electron chi connectivity index (χ0n) is 19.8. The fraction of sp³-hybridized carbons (Fsp3) is 0.538. The second-order valence-corrected chi connectivity index (χ2v) is 8.69. The van der Waals surface area contributed by atoms with Crippen molar-refractivity contribution < 1.29 is 36.9 Å². The lowest BCUT2D eigenvalue weighted by Gasteiger charge is -2.30. The van der Waals surface area contributed by atoms with Gasteiger partial charge in [0.15, 0.2) is 29.9 Å². The van der Waals surface area contributed by atoms with E-state index in [1.807, 2.05) is 0 Å². The Kier molecular flexibility index (Phi) is 9.19. The SMILES string of the molecule is CCCC1CCC(c2cc(C(O)c3ccc(OCC)c(F)c3F)c(OCOC)c(F)c2F)CC1. The Morgan fingerprint density at radius 2 is 1.62 bits per heavy atom. The minimum absolute atomic E-state index is 0.109. The van der Waals surface area contributed by atoms with E-state index in [1.165, 1.54) is 19.2 Å². The van der Waals surface area contributed by atoms with Crippen molar-refractivity contribution in [3.63, 3.8) is 0 Å². The predicted molar refractivity (Wildman–Crippen MR) is 120 cm³/mol. The maximum absolute atomic E-state index is 15.2. The summed E-state index contributed by atoms with van der Waals surface area (Å²) in [7, 11) is 1.30. The standard InChI is InChI=1S/C26H32F4O4/c1-4-6-15-7-9-16(10-8-15)18-13-19(26(34-14-32-3)24(30)22(18)28)25(31)17-11-12-20(33-5-2)23(29)21(17)27/h11-13,15-16,25,31H,4-10,14H2,1-3H3. The van der Waals surface area contributed by atoms with Crippen molar-refractivity contribution >= 4 is 0 Å². The molecule has 2 aromatic rings. The minimum Gasteiger partial charge on any atom is -0.491 e. The van der Waals surface area contributed by atoms with Gasteiger partial charge < -0.3 is 19.3 Å². The molecule has 0 aliphatic heterocycles. The zero-order valence-corrected chi connectivity index (χ0v) is 19.8. The fourth-order valence-electron chi connectivity index (χ4n) is 4.78. The van der Waals surface area contributed by atoms with E-state index in [4.69, 9.17) is 14.2 Å². The van der Waals surface area contributed by atoms with Crippen LogP contribution in [0.4, 0.5) is 17.6 Å². The number of benzene rings is 2. The van der Waals surface area contributed by atoms with Crippen molar-refractivity contribution in [3.05, 3.63) is 58.2 Å². The number of rotatable bonds is 10. The summed E-state index contributed by atoms with van der Waals surface area (Å²) in [6.07, 6.45) is 3.53. The normalized spacial score (nSPS) is 19.2. The molecular weight excluding hydrogens is 452 g/mol. The van der Waals surface area contributed by atoms with Crippen LogP contribution >= 0.6 is 0 Å². The first kappa shape index (κ1) is 26.3. The zero-order chi connectivity index (χ0) is 24.8. The molecule has 0 bridgehead atoms. The fourth-order valence-corrected chi connectivity index (χ4v) is 4.78. The maximum atomic E-state index is 15.2. The van der Waals surface area contributed by atoms with Crippen LogP contribution in [0.3, 0.4) is 0 Å². The van der Waals surface area contributed by atoms with E-state index in [9.17, 15) is 13.9 Å². The lowest BCUT2D eigenvalue weighted by Crippen LogP contribution is -2.17. The number of hydrogen-bond acceptors (Lipinski definition) is 4. The van der Waals surface area contributed by atoms with Gasteiger partial charge in [-0.15, -0.1) is 0 Å². The van der Waals surface area contributed by atoms with Crippen LogP contribution in [0.1, 0.15) is 81.1 Å². The van der Waals surface area contributed by atoms with E-state index >= 15 is 8.78 Å². The van der Waals surface area contributed by atoms with Gasteiger partial charge in [0.25, 0.3) is 0 Å². The number of halogens is 4. The van der Waals surface area contributed by atoms with Gasteiger partial charge in [-0.05, 0) is 68.2 Å². The third-order valence-corrected chi connectivity index (χ3v) is 6.49. The number of ether oxygens (including phenoxy) is 3. The molecule has 1 unspecified atom stereocenters. The van der Waals surface area contributed by atoms with E-state index in [-0.39, 0.29) is 29.4 Å². The van der Waals surface area contributed by atoms with E-state index in [2.05, 4.69) is 6.92 Å². The van der Waals surface area contributed by atoms with Crippen LogP contribution in [0.15, 0.2) is 18.2 Å². The average Bonchev–Trinajstić information content (AvgIpc) is 2.83. The highest BCUT2D eigenvalue weighted by molar-refractivity contribution is 5.47. The van der Waals surface area contributed by atoms with Crippen LogP contribution in [0.5, 0.6) is 11.5 Å². The second-order valence-electron chi connectivity index (χ2n) is 8.69. The van der Waals surface area contributed by atoms with Gasteiger partial charge in [-0.3, -0.25) is 0 Å². The van der Waals surface area contributed by atoms with Gasteiger partial charge in [0.2, 0.25) is 11.6 Å². The third-order valence-electron chi connectivity index (χ3n) is 6.49. The van der Waals surface area contributed by atoms with Crippen LogP contribution in [0, 0.1) is 29.2 Å². The Labute approximate surface area is 197 Å². The first-order valence-corrected chi connectivity index (χ1v) is 11.8. The van der Waals surface area contributed by atoms with Gasteiger partial charge in [0.1, 0.15) is 6.10 Å². The molecule has 0 aromatic heterocycles. The molecule has 1 aliphatic carbocycles. The summed E-state index contributed by atoms with van der Waals surface area (Å²) >= 11 is 0. The lowest BCUT2D eigenvalue weighted by atomic mass is 9.76. The van der Waals surface area contributed by atoms with Crippen molar-refractivity contribution in [2.24, 2.45) is 5.92 Å². The quantitative estimate of drug-likeness (QED) is 0.298. The molecular formula is C26H32F4O4. The van der Waals surface area contributed by atoms with Crippen LogP contribution in [0.2, 0.25) is 0 Å². The molecule has 3 rings (SSSR count). The molecule has 1 atom stereocenters. The molecule has 8 heteroatoms. The summed E-state index contributed by atoms with van der Waals surface area (Å²) in [6.45, 7) is 3.45. The van der Waals surface area contributed by atoms with E-state index in [1.54, 1.807) is 6.92 Å². The van der Waals surface area contributed by atoms with Crippen LogP contribution < -0.4 is 9.47 Å². The van der Waals surface area contributed by atoms with Crippen molar-refractivity contribution in [1.82, 2.24) is 0 Å². The Balaban J connectivity index is 2.03. The van der Waals surface area contributed by atoms with Crippen molar-refractivity contribution in [1.29, 1.82) is 0 Å². The Bertz CT molecular complexity index is 974. The highest BCUT2D eigenvalue weighted by Gasteiger charge is 2.32. The third kappa shape index (κ3) is 5.49. The molecule has 0 spiro atoms. The lowest BCUT2D eigenvalue weighted by molar-refractivity contribution is 0.0450. The van der Waals surface area contributed by atoms with E-state index in [0.29, 0.717) is 18.8 Å². The topological polar surface area (TPSA) is 47.9 Å². The Hall–Kier alpha value is -2.32. The summed E-state index contributed by atoms with van der Waals surface area (Å²) < 4.78 is 74.6. The van der Waals surface area contributed by atoms with Crippen LogP contribution in [-0.2, 0) is 4.74 Å². The Morgan fingerprint density at radius 1 is 0.912 bits per heavy atom. The molecule has 34 heavy (non-hydrogen) atoms. The molecule has 1 saturated carbocycles. The Morgan fingerprint density at radius 3 is 2.24 bits per heavy atom. The van der Waals surface area contributed by atoms with Crippen LogP contribution in [0.25, 0.3) is 0 Å². The van der Waals surface area contributed by atoms with Gasteiger partial charge in [-0.25, -0.2) is 8.78 Å². The maximum Gasteiger partial charge on any atom is 0.201 e.